The SMILES string of the molecule is CCCCCCCCOc1ccc2ccccc2c1CN1CCN(CCC#N)CC1. The molecule has 1 aliphatic rings. The summed E-state index contributed by atoms with van der Waals surface area (Å²) in [5.41, 5.74) is 1.32. The fourth-order valence-electron chi connectivity index (χ4n) is 4.28. The van der Waals surface area contributed by atoms with Crippen molar-refractivity contribution in [1.29, 1.82) is 5.26 Å². The number of benzene rings is 2. The van der Waals surface area contributed by atoms with Crippen molar-refractivity contribution < 1.29 is 4.74 Å². The largest absolute Gasteiger partial charge is 0.493 e. The first-order chi connectivity index (χ1) is 14.8. The number of fused-ring (bicyclic) bond motifs is 1. The number of hydrogen-bond acceptors (Lipinski definition) is 4. The van der Waals surface area contributed by atoms with Crippen LogP contribution in [-0.4, -0.2) is 49.1 Å². The molecule has 0 atom stereocenters. The number of rotatable bonds is 12. The van der Waals surface area contributed by atoms with Gasteiger partial charge in [-0.15, -0.1) is 0 Å². The average Bonchev–Trinajstić information content (AvgIpc) is 2.79. The second-order valence-electron chi connectivity index (χ2n) is 8.41. The fraction of sp³-hybridized carbons (Fsp3) is 0.577. The standard InChI is InChI=1S/C26H37N3O/c1-2-3-4-5-6-9-21-30-26-14-13-23-11-7-8-12-24(23)25(26)22-29-19-17-28(18-20-29)16-10-15-27/h7-8,11-14H,2-6,9-10,16-22H2,1H3. The zero-order valence-corrected chi connectivity index (χ0v) is 18.6. The maximum Gasteiger partial charge on any atom is 0.124 e. The smallest absolute Gasteiger partial charge is 0.124 e. The highest BCUT2D eigenvalue weighted by molar-refractivity contribution is 5.87. The predicted octanol–water partition coefficient (Wildman–Crippen LogP) is 5.61. The molecule has 4 nitrogen and oxygen atoms in total. The summed E-state index contributed by atoms with van der Waals surface area (Å²) in [6, 6.07) is 15.3. The van der Waals surface area contributed by atoms with Crippen molar-refractivity contribution in [3.8, 4) is 11.8 Å². The highest BCUT2D eigenvalue weighted by Gasteiger charge is 2.19. The summed E-state index contributed by atoms with van der Waals surface area (Å²) in [6.07, 6.45) is 8.32. The predicted molar refractivity (Wildman–Crippen MR) is 125 cm³/mol. The van der Waals surface area contributed by atoms with Gasteiger partial charge in [-0.2, -0.15) is 5.26 Å². The van der Waals surface area contributed by atoms with E-state index in [1.165, 1.54) is 48.4 Å². The van der Waals surface area contributed by atoms with E-state index in [0.717, 1.165) is 58.0 Å². The molecule has 0 spiro atoms. The highest BCUT2D eigenvalue weighted by atomic mass is 16.5. The molecular weight excluding hydrogens is 370 g/mol. The first-order valence-electron chi connectivity index (χ1n) is 11.8. The summed E-state index contributed by atoms with van der Waals surface area (Å²) < 4.78 is 6.29. The number of piperazine rings is 1. The molecule has 0 radical (unpaired) electrons. The van der Waals surface area contributed by atoms with E-state index in [4.69, 9.17) is 10.00 Å². The lowest BCUT2D eigenvalue weighted by Gasteiger charge is -2.34. The van der Waals surface area contributed by atoms with Crippen LogP contribution in [-0.2, 0) is 6.54 Å². The van der Waals surface area contributed by atoms with Crippen molar-refractivity contribution in [3.05, 3.63) is 42.0 Å². The van der Waals surface area contributed by atoms with Crippen LogP contribution >= 0.6 is 0 Å². The lowest BCUT2D eigenvalue weighted by Crippen LogP contribution is -2.46. The van der Waals surface area contributed by atoms with Gasteiger partial charge < -0.3 is 4.74 Å². The van der Waals surface area contributed by atoms with Crippen molar-refractivity contribution >= 4 is 10.8 Å². The summed E-state index contributed by atoms with van der Waals surface area (Å²) in [7, 11) is 0. The summed E-state index contributed by atoms with van der Waals surface area (Å²) >= 11 is 0. The summed E-state index contributed by atoms with van der Waals surface area (Å²) in [4.78, 5) is 4.93. The Morgan fingerprint density at radius 1 is 0.900 bits per heavy atom. The zero-order chi connectivity index (χ0) is 21.0. The van der Waals surface area contributed by atoms with Crippen LogP contribution in [0.25, 0.3) is 10.8 Å². The minimum atomic E-state index is 0.625. The third-order valence-electron chi connectivity index (χ3n) is 6.14. The fourth-order valence-corrected chi connectivity index (χ4v) is 4.28. The molecule has 0 aromatic heterocycles. The van der Waals surface area contributed by atoms with Crippen LogP contribution in [0.1, 0.15) is 57.4 Å². The molecule has 1 aliphatic heterocycles. The molecule has 1 heterocycles. The first kappa shape index (κ1) is 22.6. The van der Waals surface area contributed by atoms with Gasteiger partial charge in [0.15, 0.2) is 0 Å². The van der Waals surface area contributed by atoms with Gasteiger partial charge in [-0.3, -0.25) is 9.80 Å². The van der Waals surface area contributed by atoms with Crippen LogP contribution in [0.15, 0.2) is 36.4 Å². The van der Waals surface area contributed by atoms with Gasteiger partial charge in [0.25, 0.3) is 0 Å². The van der Waals surface area contributed by atoms with Crippen molar-refractivity contribution in [2.75, 3.05) is 39.3 Å². The normalized spacial score (nSPS) is 15.3. The van der Waals surface area contributed by atoms with Crippen LogP contribution in [0.2, 0.25) is 0 Å². The van der Waals surface area contributed by atoms with Gasteiger partial charge in [0, 0.05) is 51.3 Å². The minimum absolute atomic E-state index is 0.625. The molecule has 0 N–H and O–H groups in total. The third-order valence-corrected chi connectivity index (χ3v) is 6.14. The number of nitriles is 1. The maximum atomic E-state index is 8.82. The third kappa shape index (κ3) is 6.72. The van der Waals surface area contributed by atoms with Crippen molar-refractivity contribution in [1.82, 2.24) is 9.80 Å². The van der Waals surface area contributed by atoms with Crippen molar-refractivity contribution in [3.63, 3.8) is 0 Å². The molecule has 0 bridgehead atoms. The Morgan fingerprint density at radius 2 is 1.63 bits per heavy atom. The Morgan fingerprint density at radius 3 is 2.43 bits per heavy atom. The number of nitrogens with zero attached hydrogens (tertiary/aromatic N) is 3. The second-order valence-corrected chi connectivity index (χ2v) is 8.41. The van der Waals surface area contributed by atoms with Gasteiger partial charge in [0.05, 0.1) is 12.7 Å². The number of hydrogen-bond donors (Lipinski definition) is 0. The molecule has 30 heavy (non-hydrogen) atoms. The van der Waals surface area contributed by atoms with E-state index in [2.05, 4.69) is 59.2 Å². The van der Waals surface area contributed by atoms with Crippen molar-refractivity contribution in [2.24, 2.45) is 0 Å². The summed E-state index contributed by atoms with van der Waals surface area (Å²) in [6.45, 7) is 9.07. The lowest BCUT2D eigenvalue weighted by molar-refractivity contribution is 0.128. The highest BCUT2D eigenvalue weighted by Crippen LogP contribution is 2.30. The van der Waals surface area contributed by atoms with Gasteiger partial charge in [0.1, 0.15) is 5.75 Å². The summed E-state index contributed by atoms with van der Waals surface area (Å²) in [5.74, 6) is 1.05. The van der Waals surface area contributed by atoms with Crippen molar-refractivity contribution in [2.45, 2.75) is 58.4 Å². The van der Waals surface area contributed by atoms with E-state index >= 15 is 0 Å². The zero-order valence-electron chi connectivity index (χ0n) is 18.6. The molecule has 1 saturated heterocycles. The van der Waals surface area contributed by atoms with E-state index in [0.29, 0.717) is 6.42 Å². The van der Waals surface area contributed by atoms with Crippen LogP contribution < -0.4 is 4.74 Å². The monoisotopic (exact) mass is 407 g/mol. The summed E-state index contributed by atoms with van der Waals surface area (Å²) in [5, 5.41) is 11.4. The quantitative estimate of drug-likeness (QED) is 0.429. The minimum Gasteiger partial charge on any atom is -0.493 e. The Kier molecular flexibility index (Phi) is 9.47. The van der Waals surface area contributed by atoms with Gasteiger partial charge in [-0.25, -0.2) is 0 Å². The van der Waals surface area contributed by atoms with E-state index in [9.17, 15) is 0 Å². The molecule has 2 aromatic rings. The van der Waals surface area contributed by atoms with Crippen LogP contribution in [0.5, 0.6) is 5.75 Å². The lowest BCUT2D eigenvalue weighted by atomic mass is 10.0. The molecule has 0 unspecified atom stereocenters. The van der Waals surface area contributed by atoms with E-state index in [-0.39, 0.29) is 0 Å². The molecule has 162 valence electrons. The maximum absolute atomic E-state index is 8.82. The molecule has 1 fully saturated rings. The number of unbranched alkanes of at least 4 members (excludes halogenated alkanes) is 5. The Balaban J connectivity index is 1.60. The molecule has 2 aromatic carbocycles. The molecule has 0 amide bonds. The van der Waals surface area contributed by atoms with Gasteiger partial charge in [0.2, 0.25) is 0 Å². The topological polar surface area (TPSA) is 39.5 Å². The van der Waals surface area contributed by atoms with Crippen LogP contribution in [0.3, 0.4) is 0 Å². The molecule has 4 heteroatoms. The van der Waals surface area contributed by atoms with Gasteiger partial charge >= 0.3 is 0 Å². The van der Waals surface area contributed by atoms with E-state index in [1.807, 2.05) is 0 Å². The molecule has 0 saturated carbocycles. The van der Waals surface area contributed by atoms with E-state index in [1.54, 1.807) is 0 Å². The van der Waals surface area contributed by atoms with Crippen LogP contribution in [0.4, 0.5) is 0 Å². The Bertz CT molecular complexity index is 806. The number of ether oxygens (including phenoxy) is 1. The Labute approximate surface area is 182 Å². The van der Waals surface area contributed by atoms with E-state index < -0.39 is 0 Å². The molecule has 3 rings (SSSR count). The van der Waals surface area contributed by atoms with Crippen LogP contribution in [0, 0.1) is 11.3 Å². The second kappa shape index (κ2) is 12.6. The molecule has 0 aliphatic carbocycles. The average molecular weight is 408 g/mol. The van der Waals surface area contributed by atoms with Gasteiger partial charge in [-0.05, 0) is 23.3 Å². The van der Waals surface area contributed by atoms with Gasteiger partial charge in [-0.1, -0.05) is 69.4 Å². The Hall–Kier alpha value is -2.09. The first-order valence-corrected chi connectivity index (χ1v) is 11.8. The molecular formula is C26H37N3O.